The first-order valence-corrected chi connectivity index (χ1v) is 5.18. The van der Waals surface area contributed by atoms with E-state index in [4.69, 9.17) is 10.5 Å². The second-order valence-electron chi connectivity index (χ2n) is 3.79. The molecule has 0 aromatic heterocycles. The first-order valence-electron chi connectivity index (χ1n) is 5.18. The number of likely N-dealkylation sites (N-methyl/N-ethyl adjacent to an activating group) is 1. The minimum absolute atomic E-state index is 0. The molecule has 96 valence electrons. The van der Waals surface area contributed by atoms with Crippen molar-refractivity contribution in [2.75, 3.05) is 14.2 Å². The summed E-state index contributed by atoms with van der Waals surface area (Å²) >= 11 is 0. The maximum atomic E-state index is 11.6. The Balaban J connectivity index is 0.00000256. The van der Waals surface area contributed by atoms with Crippen molar-refractivity contribution in [3.8, 4) is 5.75 Å². The molecule has 0 aliphatic heterocycles. The third-order valence-electron chi connectivity index (χ3n) is 2.37. The van der Waals surface area contributed by atoms with Crippen LogP contribution in [0, 0.1) is 0 Å². The largest absolute Gasteiger partial charge is 0.496 e. The smallest absolute Gasteiger partial charge is 0.239 e. The van der Waals surface area contributed by atoms with E-state index in [2.05, 4.69) is 0 Å². The minimum Gasteiger partial charge on any atom is -0.496 e. The molecule has 1 amide bonds. The highest BCUT2D eigenvalue weighted by atomic mass is 35.5. The van der Waals surface area contributed by atoms with E-state index in [1.165, 1.54) is 0 Å². The number of nitrogens with two attached hydrogens (primary N) is 1. The predicted octanol–water partition coefficient (Wildman–Crippen LogP) is 1.42. The van der Waals surface area contributed by atoms with Gasteiger partial charge in [-0.1, -0.05) is 18.2 Å². The Morgan fingerprint density at radius 2 is 2.06 bits per heavy atom. The summed E-state index contributed by atoms with van der Waals surface area (Å²) in [7, 11) is 3.35. The average molecular weight is 259 g/mol. The summed E-state index contributed by atoms with van der Waals surface area (Å²) in [6.07, 6.45) is 0. The third-order valence-corrected chi connectivity index (χ3v) is 2.37. The first-order chi connectivity index (χ1) is 7.56. The van der Waals surface area contributed by atoms with Gasteiger partial charge in [-0.3, -0.25) is 4.79 Å². The SMILES string of the molecule is COc1ccccc1CN(C)C(=O)[C@@H](C)N.Cl. The van der Waals surface area contributed by atoms with Crippen LogP contribution in [0.1, 0.15) is 12.5 Å². The van der Waals surface area contributed by atoms with Gasteiger partial charge < -0.3 is 15.4 Å². The molecule has 4 nitrogen and oxygen atoms in total. The molecule has 1 aromatic rings. The molecule has 0 aliphatic carbocycles. The van der Waals surface area contributed by atoms with E-state index >= 15 is 0 Å². The van der Waals surface area contributed by atoms with Crippen LogP contribution in [0.2, 0.25) is 0 Å². The summed E-state index contributed by atoms with van der Waals surface area (Å²) in [5.41, 5.74) is 6.51. The van der Waals surface area contributed by atoms with Crippen molar-refractivity contribution in [2.45, 2.75) is 19.5 Å². The van der Waals surface area contributed by atoms with Gasteiger partial charge in [0.2, 0.25) is 5.91 Å². The number of nitrogens with zero attached hydrogens (tertiary/aromatic N) is 1. The first kappa shape index (κ1) is 15.7. The lowest BCUT2D eigenvalue weighted by Gasteiger charge is -2.20. The van der Waals surface area contributed by atoms with E-state index in [9.17, 15) is 4.79 Å². The van der Waals surface area contributed by atoms with Crippen molar-refractivity contribution in [2.24, 2.45) is 5.73 Å². The maximum absolute atomic E-state index is 11.6. The van der Waals surface area contributed by atoms with Gasteiger partial charge in [-0.2, -0.15) is 0 Å². The second kappa shape index (κ2) is 7.14. The van der Waals surface area contributed by atoms with Gasteiger partial charge in [0.05, 0.1) is 13.2 Å². The van der Waals surface area contributed by atoms with E-state index in [1.54, 1.807) is 26.0 Å². The zero-order valence-electron chi connectivity index (χ0n) is 10.3. The van der Waals surface area contributed by atoms with E-state index in [0.717, 1.165) is 11.3 Å². The number of para-hydroxylation sites is 1. The van der Waals surface area contributed by atoms with Crippen LogP contribution >= 0.6 is 12.4 Å². The molecule has 0 aliphatic rings. The molecule has 2 N–H and O–H groups in total. The van der Waals surface area contributed by atoms with E-state index in [0.29, 0.717) is 6.54 Å². The molecule has 0 radical (unpaired) electrons. The molecular formula is C12H19ClN2O2. The molecule has 0 saturated heterocycles. The molecule has 1 aromatic carbocycles. The molecule has 0 bridgehead atoms. The lowest BCUT2D eigenvalue weighted by atomic mass is 10.2. The maximum Gasteiger partial charge on any atom is 0.239 e. The molecule has 1 atom stereocenters. The summed E-state index contributed by atoms with van der Waals surface area (Å²) in [5.74, 6) is 0.706. The quantitative estimate of drug-likeness (QED) is 0.889. The Labute approximate surface area is 108 Å². The zero-order valence-corrected chi connectivity index (χ0v) is 11.2. The summed E-state index contributed by atoms with van der Waals surface area (Å²) in [5, 5.41) is 0. The van der Waals surface area contributed by atoms with Gasteiger partial charge in [-0.25, -0.2) is 0 Å². The van der Waals surface area contributed by atoms with Crippen LogP contribution in [0.25, 0.3) is 0 Å². The number of carbonyl (C=O) groups is 1. The monoisotopic (exact) mass is 258 g/mol. The summed E-state index contributed by atoms with van der Waals surface area (Å²) in [6, 6.07) is 7.15. The number of amides is 1. The average Bonchev–Trinajstić information content (AvgIpc) is 2.28. The number of hydrogen-bond donors (Lipinski definition) is 1. The van der Waals surface area contributed by atoms with Gasteiger partial charge >= 0.3 is 0 Å². The standard InChI is InChI=1S/C12H18N2O2.ClH/c1-9(13)12(15)14(2)8-10-6-4-5-7-11(10)16-3;/h4-7,9H,8,13H2,1-3H3;1H/t9-;/m1./s1. The van der Waals surface area contributed by atoms with Gasteiger partial charge in [0.15, 0.2) is 0 Å². The van der Waals surface area contributed by atoms with Gasteiger partial charge in [0.25, 0.3) is 0 Å². The highest BCUT2D eigenvalue weighted by Crippen LogP contribution is 2.18. The Morgan fingerprint density at radius 1 is 1.47 bits per heavy atom. The number of halogens is 1. The molecular weight excluding hydrogens is 240 g/mol. The van der Waals surface area contributed by atoms with Crippen molar-refractivity contribution in [1.29, 1.82) is 0 Å². The third kappa shape index (κ3) is 4.24. The molecule has 0 heterocycles. The van der Waals surface area contributed by atoms with Gasteiger partial charge in [0, 0.05) is 19.2 Å². The molecule has 0 unspecified atom stereocenters. The Hall–Kier alpha value is -1.26. The normalized spacial score (nSPS) is 11.3. The number of ether oxygens (including phenoxy) is 1. The van der Waals surface area contributed by atoms with Gasteiger partial charge in [-0.05, 0) is 13.0 Å². The Morgan fingerprint density at radius 3 is 2.59 bits per heavy atom. The number of rotatable bonds is 4. The number of carbonyl (C=O) groups excluding carboxylic acids is 1. The van der Waals surface area contributed by atoms with Crippen molar-refractivity contribution in [3.63, 3.8) is 0 Å². The molecule has 0 fully saturated rings. The summed E-state index contributed by atoms with van der Waals surface area (Å²) in [6.45, 7) is 2.19. The fourth-order valence-corrected chi connectivity index (χ4v) is 1.51. The van der Waals surface area contributed by atoms with Crippen molar-refractivity contribution < 1.29 is 9.53 Å². The lowest BCUT2D eigenvalue weighted by molar-refractivity contribution is -0.131. The van der Waals surface area contributed by atoms with E-state index < -0.39 is 6.04 Å². The predicted molar refractivity (Wildman–Crippen MR) is 70.4 cm³/mol. The molecule has 0 spiro atoms. The van der Waals surface area contributed by atoms with Crippen molar-refractivity contribution >= 4 is 18.3 Å². The minimum atomic E-state index is -0.472. The topological polar surface area (TPSA) is 55.6 Å². The van der Waals surface area contributed by atoms with E-state index in [-0.39, 0.29) is 18.3 Å². The van der Waals surface area contributed by atoms with Crippen LogP contribution in [0.15, 0.2) is 24.3 Å². The fourth-order valence-electron chi connectivity index (χ4n) is 1.51. The van der Waals surface area contributed by atoms with Crippen LogP contribution in [-0.4, -0.2) is 31.0 Å². The van der Waals surface area contributed by atoms with Crippen LogP contribution in [0.3, 0.4) is 0 Å². The molecule has 17 heavy (non-hydrogen) atoms. The van der Waals surface area contributed by atoms with Crippen molar-refractivity contribution in [1.82, 2.24) is 4.90 Å². The van der Waals surface area contributed by atoms with E-state index in [1.807, 2.05) is 24.3 Å². The number of benzene rings is 1. The lowest BCUT2D eigenvalue weighted by Crippen LogP contribution is -2.39. The summed E-state index contributed by atoms with van der Waals surface area (Å²) < 4.78 is 5.22. The zero-order chi connectivity index (χ0) is 12.1. The fraction of sp³-hybridized carbons (Fsp3) is 0.417. The molecule has 1 rings (SSSR count). The van der Waals surface area contributed by atoms with Crippen molar-refractivity contribution in [3.05, 3.63) is 29.8 Å². The molecule has 0 saturated carbocycles. The summed E-state index contributed by atoms with van der Waals surface area (Å²) in [4.78, 5) is 13.2. The van der Waals surface area contributed by atoms with Crippen LogP contribution in [0.5, 0.6) is 5.75 Å². The number of hydrogen-bond acceptors (Lipinski definition) is 3. The van der Waals surface area contributed by atoms with Crippen LogP contribution < -0.4 is 10.5 Å². The van der Waals surface area contributed by atoms with Gasteiger partial charge in [-0.15, -0.1) is 12.4 Å². The Bertz CT molecular complexity index is 369. The Kier molecular flexibility index (Phi) is 6.61. The second-order valence-corrected chi connectivity index (χ2v) is 3.79. The molecule has 5 heteroatoms. The number of methoxy groups -OCH3 is 1. The highest BCUT2D eigenvalue weighted by molar-refractivity contribution is 5.85. The van der Waals surface area contributed by atoms with Crippen LogP contribution in [0.4, 0.5) is 0 Å². The highest BCUT2D eigenvalue weighted by Gasteiger charge is 2.14. The van der Waals surface area contributed by atoms with Crippen LogP contribution in [-0.2, 0) is 11.3 Å². The van der Waals surface area contributed by atoms with Gasteiger partial charge in [0.1, 0.15) is 5.75 Å².